The molecule has 7 nitrogen and oxygen atoms in total. The first kappa shape index (κ1) is 18.3. The lowest BCUT2D eigenvalue weighted by Crippen LogP contribution is -2.02. The highest BCUT2D eigenvalue weighted by molar-refractivity contribution is 6.17. The van der Waals surface area contributed by atoms with Crippen LogP contribution in [0.4, 0.5) is 5.82 Å². The zero-order valence-corrected chi connectivity index (χ0v) is 16.9. The minimum atomic E-state index is 0.413. The van der Waals surface area contributed by atoms with E-state index in [9.17, 15) is 0 Å². The Morgan fingerprint density at radius 2 is 1.90 bits per heavy atom. The van der Waals surface area contributed by atoms with Gasteiger partial charge in [-0.1, -0.05) is 12.1 Å². The Morgan fingerprint density at radius 1 is 1.07 bits per heavy atom. The van der Waals surface area contributed by atoms with E-state index < -0.39 is 0 Å². The van der Waals surface area contributed by atoms with Gasteiger partial charge in [-0.05, 0) is 55.0 Å². The predicted molar refractivity (Wildman–Crippen MR) is 118 cm³/mol. The quantitative estimate of drug-likeness (QED) is 0.421. The molecule has 0 amide bonds. The van der Waals surface area contributed by atoms with Crippen molar-refractivity contribution in [2.45, 2.75) is 12.8 Å². The van der Waals surface area contributed by atoms with Crippen molar-refractivity contribution in [2.75, 3.05) is 5.73 Å². The summed E-state index contributed by atoms with van der Waals surface area (Å²) >= 11 is 5.97. The zero-order chi connectivity index (χ0) is 20.7. The van der Waals surface area contributed by atoms with Crippen molar-refractivity contribution in [1.29, 1.82) is 0 Å². The fourth-order valence-electron chi connectivity index (χ4n) is 3.43. The lowest BCUT2D eigenvalue weighted by atomic mass is 10.2. The topological polar surface area (TPSA) is 98.3 Å². The number of hydrogen-bond donors (Lipinski definition) is 2. The van der Waals surface area contributed by atoms with E-state index in [1.807, 2.05) is 66.1 Å². The number of nitrogens with one attached hydrogen (secondary N) is 1. The third kappa shape index (κ3) is 3.09. The van der Waals surface area contributed by atoms with E-state index in [0.717, 1.165) is 45.1 Å². The molecule has 0 radical (unpaired) electrons. The van der Waals surface area contributed by atoms with Gasteiger partial charge in [0.1, 0.15) is 11.3 Å². The first-order valence-corrected chi connectivity index (χ1v) is 9.95. The summed E-state index contributed by atoms with van der Waals surface area (Å²) in [4.78, 5) is 14.0. The van der Waals surface area contributed by atoms with Crippen LogP contribution in [0.1, 0.15) is 11.3 Å². The van der Waals surface area contributed by atoms with Gasteiger partial charge < -0.3 is 5.73 Å². The lowest BCUT2D eigenvalue weighted by molar-refractivity contribution is 1.04. The van der Waals surface area contributed by atoms with Gasteiger partial charge in [-0.15, -0.1) is 11.6 Å². The Hall–Kier alpha value is -3.71. The highest BCUT2D eigenvalue weighted by Crippen LogP contribution is 2.31. The normalized spacial score (nSPS) is 11.3. The minimum Gasteiger partial charge on any atom is -0.383 e. The number of H-pyrrole nitrogens is 1. The molecule has 30 heavy (non-hydrogen) atoms. The maximum atomic E-state index is 6.18. The second-order valence-corrected chi connectivity index (χ2v) is 7.24. The van der Waals surface area contributed by atoms with Gasteiger partial charge in [0, 0.05) is 17.8 Å². The van der Waals surface area contributed by atoms with Crippen LogP contribution in [0.25, 0.3) is 39.6 Å². The van der Waals surface area contributed by atoms with Crippen molar-refractivity contribution in [3.8, 4) is 28.5 Å². The van der Waals surface area contributed by atoms with E-state index in [0.29, 0.717) is 17.5 Å². The van der Waals surface area contributed by atoms with Gasteiger partial charge in [0.15, 0.2) is 11.5 Å². The van der Waals surface area contributed by atoms with Crippen molar-refractivity contribution < 1.29 is 0 Å². The third-order valence-electron chi connectivity index (χ3n) is 4.91. The Labute approximate surface area is 177 Å². The number of nitrogens with two attached hydrogens (primary N) is 1. The summed E-state index contributed by atoms with van der Waals surface area (Å²) in [6.45, 7) is 1.94. The van der Waals surface area contributed by atoms with Crippen LogP contribution in [-0.2, 0) is 5.88 Å². The Kier molecular flexibility index (Phi) is 4.44. The highest BCUT2D eigenvalue weighted by atomic mass is 35.5. The molecule has 0 spiro atoms. The number of benzene rings is 1. The summed E-state index contributed by atoms with van der Waals surface area (Å²) in [6.07, 6.45) is 1.66. The van der Waals surface area contributed by atoms with Crippen LogP contribution in [0, 0.1) is 6.92 Å². The van der Waals surface area contributed by atoms with Gasteiger partial charge in [-0.25, -0.2) is 15.0 Å². The van der Waals surface area contributed by atoms with Crippen molar-refractivity contribution in [3.05, 3.63) is 72.1 Å². The summed E-state index contributed by atoms with van der Waals surface area (Å²) in [5.41, 5.74) is 12.9. The Balaban J connectivity index is 1.79. The molecule has 148 valence electrons. The summed E-state index contributed by atoms with van der Waals surface area (Å²) in [5.74, 6) is 1.55. The molecule has 1 aromatic carbocycles. The molecule has 0 saturated heterocycles. The molecule has 0 aliphatic heterocycles. The molecular formula is C22H18ClN7. The van der Waals surface area contributed by atoms with Crippen LogP contribution in [-0.4, -0.2) is 29.7 Å². The number of aryl methyl sites for hydroxylation is 1. The van der Waals surface area contributed by atoms with Crippen LogP contribution in [0.5, 0.6) is 0 Å². The van der Waals surface area contributed by atoms with E-state index in [1.165, 1.54) is 0 Å². The van der Waals surface area contributed by atoms with Gasteiger partial charge >= 0.3 is 0 Å². The van der Waals surface area contributed by atoms with Crippen molar-refractivity contribution in [2.24, 2.45) is 0 Å². The number of halogens is 1. The summed E-state index contributed by atoms with van der Waals surface area (Å²) in [7, 11) is 0. The van der Waals surface area contributed by atoms with Crippen LogP contribution in [0.2, 0.25) is 0 Å². The summed E-state index contributed by atoms with van der Waals surface area (Å²) < 4.78 is 1.99. The number of pyridine rings is 2. The number of hydrogen-bond acceptors (Lipinski definition) is 5. The molecule has 0 atom stereocenters. The summed E-state index contributed by atoms with van der Waals surface area (Å²) in [5, 5.41) is 7.23. The van der Waals surface area contributed by atoms with E-state index in [1.54, 1.807) is 6.20 Å². The van der Waals surface area contributed by atoms with E-state index in [-0.39, 0.29) is 0 Å². The number of nitrogens with zero attached hydrogens (tertiary/aromatic N) is 5. The van der Waals surface area contributed by atoms with E-state index in [2.05, 4.69) is 15.2 Å². The highest BCUT2D eigenvalue weighted by Gasteiger charge is 2.19. The van der Waals surface area contributed by atoms with Gasteiger partial charge in [0.2, 0.25) is 0 Å². The van der Waals surface area contributed by atoms with Gasteiger partial charge in [0.05, 0.1) is 22.6 Å². The van der Waals surface area contributed by atoms with Crippen LogP contribution in [0.3, 0.4) is 0 Å². The van der Waals surface area contributed by atoms with Crippen molar-refractivity contribution in [3.63, 3.8) is 0 Å². The number of aromatic amines is 1. The van der Waals surface area contributed by atoms with Gasteiger partial charge in [-0.3, -0.25) is 9.67 Å². The molecule has 5 rings (SSSR count). The fourth-order valence-corrected chi connectivity index (χ4v) is 3.60. The number of nitrogen functional groups attached to an aromatic ring is 1. The molecule has 0 unspecified atom stereocenters. The van der Waals surface area contributed by atoms with E-state index in [4.69, 9.17) is 27.3 Å². The van der Waals surface area contributed by atoms with Crippen LogP contribution < -0.4 is 5.73 Å². The third-order valence-corrected chi connectivity index (χ3v) is 5.22. The lowest BCUT2D eigenvalue weighted by Gasteiger charge is -2.11. The molecule has 8 heteroatoms. The second kappa shape index (κ2) is 7.27. The largest absolute Gasteiger partial charge is 0.383 e. The maximum absolute atomic E-state index is 6.18. The van der Waals surface area contributed by atoms with Gasteiger partial charge in [0.25, 0.3) is 0 Å². The molecule has 0 fully saturated rings. The minimum absolute atomic E-state index is 0.413. The van der Waals surface area contributed by atoms with Crippen LogP contribution in [0.15, 0.2) is 60.8 Å². The number of imidazole rings is 1. The van der Waals surface area contributed by atoms with Crippen LogP contribution >= 0.6 is 11.6 Å². The standard InChI is InChI=1S/C22H18ClN7/c1-13-11-19(29-28-13)17-8-9-18-22(26-17)30(15-6-4-14(12-23)5-7-15)21(27-18)16-3-2-10-25-20(16)24/h2-11H,12H2,1H3,(H2,24,25)(H,28,29). The second-order valence-electron chi connectivity index (χ2n) is 6.97. The van der Waals surface area contributed by atoms with Crippen molar-refractivity contribution in [1.82, 2.24) is 29.7 Å². The first-order chi connectivity index (χ1) is 14.6. The zero-order valence-electron chi connectivity index (χ0n) is 16.2. The SMILES string of the molecule is Cc1cc(-c2ccc3nc(-c4cccnc4N)n(-c4ccc(CCl)cc4)c3n2)[nH]n1. The monoisotopic (exact) mass is 415 g/mol. The molecule has 4 heterocycles. The Morgan fingerprint density at radius 3 is 2.60 bits per heavy atom. The molecule has 4 aromatic heterocycles. The number of fused-ring (bicyclic) bond motifs is 1. The molecule has 0 aliphatic carbocycles. The first-order valence-electron chi connectivity index (χ1n) is 9.42. The number of rotatable bonds is 4. The summed E-state index contributed by atoms with van der Waals surface area (Å²) in [6, 6.07) is 17.6. The average molecular weight is 416 g/mol. The van der Waals surface area contributed by atoms with Gasteiger partial charge in [-0.2, -0.15) is 5.10 Å². The maximum Gasteiger partial charge on any atom is 0.165 e. The Bertz CT molecular complexity index is 1350. The smallest absolute Gasteiger partial charge is 0.165 e. The molecule has 5 aromatic rings. The molecule has 0 bridgehead atoms. The number of alkyl halides is 1. The van der Waals surface area contributed by atoms with E-state index >= 15 is 0 Å². The molecular weight excluding hydrogens is 398 g/mol. The predicted octanol–water partition coefficient (Wildman–Crippen LogP) is 4.50. The number of aromatic nitrogens is 6. The molecule has 0 aliphatic rings. The number of anilines is 1. The molecule has 0 saturated carbocycles. The van der Waals surface area contributed by atoms with Crippen molar-refractivity contribution >= 4 is 28.6 Å². The average Bonchev–Trinajstić information content (AvgIpc) is 3.37. The molecule has 3 N–H and O–H groups in total. The fraction of sp³-hybridized carbons (Fsp3) is 0.0909.